The van der Waals surface area contributed by atoms with Crippen molar-refractivity contribution in [3.8, 4) is 11.4 Å². The molecule has 0 atom stereocenters. The van der Waals surface area contributed by atoms with Crippen molar-refractivity contribution in [2.45, 2.75) is 52.7 Å². The van der Waals surface area contributed by atoms with E-state index in [2.05, 4.69) is 26.0 Å². The first-order chi connectivity index (χ1) is 14.1. The van der Waals surface area contributed by atoms with Crippen LogP contribution >= 0.6 is 15.9 Å². The van der Waals surface area contributed by atoms with Crippen LogP contribution in [0.2, 0.25) is 0 Å². The maximum absolute atomic E-state index is 13.0. The Morgan fingerprint density at radius 2 is 2.00 bits per heavy atom. The van der Waals surface area contributed by atoms with Gasteiger partial charge in [0, 0.05) is 18.2 Å². The quantitative estimate of drug-likeness (QED) is 0.556. The number of hydrogen-bond donors (Lipinski definition) is 0. The van der Waals surface area contributed by atoms with Gasteiger partial charge in [-0.2, -0.15) is 4.52 Å². The molecular formula is C21H24BrN5O3. The van der Waals surface area contributed by atoms with E-state index in [1.807, 2.05) is 52.8 Å². The molecule has 1 aliphatic rings. The first-order valence-electron chi connectivity index (χ1n) is 9.86. The molecular weight excluding hydrogens is 450 g/mol. The summed E-state index contributed by atoms with van der Waals surface area (Å²) in [7, 11) is 0. The molecule has 3 heterocycles. The lowest BCUT2D eigenvalue weighted by molar-refractivity contribution is 0.0584. The fourth-order valence-electron chi connectivity index (χ4n) is 3.64. The van der Waals surface area contributed by atoms with Gasteiger partial charge in [0.25, 0.3) is 5.56 Å². The zero-order chi connectivity index (χ0) is 21.8. The molecule has 158 valence electrons. The van der Waals surface area contributed by atoms with Crippen molar-refractivity contribution in [2.75, 3.05) is 11.4 Å². The first kappa shape index (κ1) is 20.6. The van der Waals surface area contributed by atoms with Gasteiger partial charge in [-0.05, 0) is 80.7 Å². The minimum atomic E-state index is -0.551. The third-order valence-electron chi connectivity index (χ3n) is 4.89. The van der Waals surface area contributed by atoms with E-state index in [1.165, 1.54) is 4.52 Å². The Hall–Kier alpha value is -2.68. The van der Waals surface area contributed by atoms with Crippen LogP contribution in [0.5, 0.6) is 0 Å². The van der Waals surface area contributed by atoms with E-state index < -0.39 is 5.60 Å². The summed E-state index contributed by atoms with van der Waals surface area (Å²) in [4.78, 5) is 31.4. The Labute approximate surface area is 182 Å². The number of fused-ring (bicyclic) bond motifs is 2. The molecule has 0 saturated carbocycles. The number of anilines is 1. The monoisotopic (exact) mass is 473 g/mol. The maximum Gasteiger partial charge on any atom is 0.414 e. The lowest BCUT2D eigenvalue weighted by Crippen LogP contribution is -2.35. The molecule has 0 aliphatic carbocycles. The van der Waals surface area contributed by atoms with Crippen molar-refractivity contribution in [2.24, 2.45) is 0 Å². The van der Waals surface area contributed by atoms with E-state index in [9.17, 15) is 9.59 Å². The molecule has 0 unspecified atom stereocenters. The van der Waals surface area contributed by atoms with E-state index in [4.69, 9.17) is 4.74 Å². The predicted molar refractivity (Wildman–Crippen MR) is 118 cm³/mol. The number of aromatic nitrogens is 4. The SMILES string of the molecule is CC(C)n1c(-c2ccc3c(c2)CCN3C(=O)OC(C)(C)C)nn2c(Br)cnc2c1=O. The molecule has 4 rings (SSSR count). The van der Waals surface area contributed by atoms with E-state index in [0.717, 1.165) is 16.8 Å². The van der Waals surface area contributed by atoms with Gasteiger partial charge in [0.05, 0.1) is 11.9 Å². The lowest BCUT2D eigenvalue weighted by atomic mass is 10.1. The Morgan fingerprint density at radius 3 is 2.67 bits per heavy atom. The molecule has 0 fully saturated rings. The normalized spacial score (nSPS) is 13.9. The molecule has 3 aromatic rings. The molecule has 0 bridgehead atoms. The van der Waals surface area contributed by atoms with Gasteiger partial charge in [0.15, 0.2) is 5.82 Å². The fraction of sp³-hybridized carbons (Fsp3) is 0.429. The van der Waals surface area contributed by atoms with Gasteiger partial charge in [0.1, 0.15) is 10.2 Å². The van der Waals surface area contributed by atoms with E-state index in [1.54, 1.807) is 15.7 Å². The summed E-state index contributed by atoms with van der Waals surface area (Å²) in [6.45, 7) is 10.0. The number of benzene rings is 1. The average Bonchev–Trinajstić information content (AvgIpc) is 3.23. The fourth-order valence-corrected chi connectivity index (χ4v) is 3.99. The first-order valence-corrected chi connectivity index (χ1v) is 10.7. The Morgan fingerprint density at radius 1 is 1.27 bits per heavy atom. The second-order valence-electron chi connectivity index (χ2n) is 8.63. The van der Waals surface area contributed by atoms with Crippen LogP contribution in [0, 0.1) is 0 Å². The molecule has 1 aliphatic heterocycles. The van der Waals surface area contributed by atoms with Crippen LogP contribution in [0.1, 0.15) is 46.2 Å². The molecule has 2 aromatic heterocycles. The number of imidazole rings is 1. The van der Waals surface area contributed by atoms with Crippen LogP contribution in [0.3, 0.4) is 0 Å². The average molecular weight is 474 g/mol. The van der Waals surface area contributed by atoms with Crippen molar-refractivity contribution < 1.29 is 9.53 Å². The standard InChI is InChI=1S/C21H24BrN5O3/c1-12(2)26-17(24-27-16(22)11-23-18(27)19(26)28)14-6-7-15-13(10-14)8-9-25(15)20(29)30-21(3,4)5/h6-7,10-12H,8-9H2,1-5H3. The van der Waals surface area contributed by atoms with E-state index in [0.29, 0.717) is 23.4 Å². The van der Waals surface area contributed by atoms with Gasteiger partial charge in [-0.25, -0.2) is 9.78 Å². The second-order valence-corrected chi connectivity index (χ2v) is 9.45. The third-order valence-corrected chi connectivity index (χ3v) is 5.43. The maximum atomic E-state index is 13.0. The Balaban J connectivity index is 1.80. The summed E-state index contributed by atoms with van der Waals surface area (Å²) in [5.41, 5.74) is 2.19. The Kier molecular flexibility index (Phi) is 4.96. The summed E-state index contributed by atoms with van der Waals surface area (Å²) >= 11 is 3.40. The number of rotatable bonds is 2. The molecule has 1 amide bonds. The van der Waals surface area contributed by atoms with Crippen molar-refractivity contribution in [1.29, 1.82) is 0 Å². The van der Waals surface area contributed by atoms with Crippen LogP contribution in [0.15, 0.2) is 33.8 Å². The van der Waals surface area contributed by atoms with Crippen LogP contribution in [-0.4, -0.2) is 37.4 Å². The molecule has 30 heavy (non-hydrogen) atoms. The molecule has 0 radical (unpaired) electrons. The highest BCUT2D eigenvalue weighted by molar-refractivity contribution is 9.10. The van der Waals surface area contributed by atoms with Crippen LogP contribution in [0.4, 0.5) is 10.5 Å². The molecule has 0 saturated heterocycles. The summed E-state index contributed by atoms with van der Waals surface area (Å²) < 4.78 is 9.30. The van der Waals surface area contributed by atoms with Gasteiger partial charge in [0.2, 0.25) is 5.65 Å². The number of amides is 1. The number of ether oxygens (including phenoxy) is 1. The van der Waals surface area contributed by atoms with Crippen molar-refractivity contribution in [3.63, 3.8) is 0 Å². The highest BCUT2D eigenvalue weighted by Crippen LogP contribution is 2.33. The smallest absolute Gasteiger partial charge is 0.414 e. The van der Waals surface area contributed by atoms with Gasteiger partial charge >= 0.3 is 6.09 Å². The van der Waals surface area contributed by atoms with Crippen molar-refractivity contribution >= 4 is 33.4 Å². The topological polar surface area (TPSA) is 81.7 Å². The number of carbonyl (C=O) groups is 1. The Bertz CT molecular complexity index is 1210. The van der Waals surface area contributed by atoms with Crippen molar-refractivity contribution in [1.82, 2.24) is 19.2 Å². The van der Waals surface area contributed by atoms with Crippen LogP contribution in [0.25, 0.3) is 17.0 Å². The highest BCUT2D eigenvalue weighted by Gasteiger charge is 2.29. The zero-order valence-corrected chi connectivity index (χ0v) is 19.2. The molecule has 0 spiro atoms. The third kappa shape index (κ3) is 3.51. The summed E-state index contributed by atoms with van der Waals surface area (Å²) in [5.74, 6) is 0.555. The molecule has 8 nitrogen and oxygen atoms in total. The van der Waals surface area contributed by atoms with Gasteiger partial charge in [-0.1, -0.05) is 0 Å². The van der Waals surface area contributed by atoms with Crippen LogP contribution < -0.4 is 10.5 Å². The summed E-state index contributed by atoms with van der Waals surface area (Å²) in [6, 6.07) is 5.69. The zero-order valence-electron chi connectivity index (χ0n) is 17.6. The largest absolute Gasteiger partial charge is 0.443 e. The van der Waals surface area contributed by atoms with Crippen LogP contribution in [-0.2, 0) is 11.2 Å². The van der Waals surface area contributed by atoms with E-state index in [-0.39, 0.29) is 23.3 Å². The number of nitrogens with zero attached hydrogens (tertiary/aromatic N) is 5. The predicted octanol–water partition coefficient (Wildman–Crippen LogP) is 4.20. The lowest BCUT2D eigenvalue weighted by Gasteiger charge is -2.25. The second kappa shape index (κ2) is 7.23. The van der Waals surface area contributed by atoms with Gasteiger partial charge in [-0.3, -0.25) is 14.3 Å². The highest BCUT2D eigenvalue weighted by atomic mass is 79.9. The summed E-state index contributed by atoms with van der Waals surface area (Å²) in [5, 5.41) is 4.68. The van der Waals surface area contributed by atoms with Crippen molar-refractivity contribution in [3.05, 3.63) is 44.9 Å². The molecule has 1 aromatic carbocycles. The van der Waals surface area contributed by atoms with E-state index >= 15 is 0 Å². The molecule has 0 N–H and O–H groups in total. The van der Waals surface area contributed by atoms with Gasteiger partial charge < -0.3 is 4.74 Å². The number of hydrogen-bond acceptors (Lipinski definition) is 5. The van der Waals surface area contributed by atoms with Gasteiger partial charge in [-0.15, -0.1) is 5.10 Å². The number of halogens is 1. The number of carbonyl (C=O) groups excluding carboxylic acids is 1. The molecule has 9 heteroatoms. The minimum Gasteiger partial charge on any atom is -0.443 e. The minimum absolute atomic E-state index is 0.0907. The summed E-state index contributed by atoms with van der Waals surface area (Å²) in [6.07, 6.45) is 1.93.